The number of hydrogen-bond acceptors (Lipinski definition) is 3. The fraction of sp³-hybridized carbons (Fsp3) is 0.214. The molecule has 0 saturated carbocycles. The number of esters is 1. The lowest BCUT2D eigenvalue weighted by Crippen LogP contribution is -2.13. The van der Waals surface area contributed by atoms with Crippen molar-refractivity contribution in [1.29, 1.82) is 0 Å². The third-order valence-electron chi connectivity index (χ3n) is 2.17. The molecule has 0 amide bonds. The molecule has 0 N–H and O–H groups in total. The highest BCUT2D eigenvalue weighted by atomic mass is 16.6. The second-order valence-electron chi connectivity index (χ2n) is 3.51. The second kappa shape index (κ2) is 6.53. The van der Waals surface area contributed by atoms with Gasteiger partial charge < -0.3 is 9.47 Å². The van der Waals surface area contributed by atoms with Crippen molar-refractivity contribution in [2.75, 3.05) is 7.11 Å². The Morgan fingerprint density at radius 3 is 2.53 bits per heavy atom. The number of rotatable bonds is 5. The van der Waals surface area contributed by atoms with Crippen molar-refractivity contribution < 1.29 is 14.3 Å². The van der Waals surface area contributed by atoms with Gasteiger partial charge in [-0.2, -0.15) is 0 Å². The monoisotopic (exact) mass is 232 g/mol. The summed E-state index contributed by atoms with van der Waals surface area (Å²) in [5, 5.41) is 0. The fourth-order valence-electron chi connectivity index (χ4n) is 1.31. The summed E-state index contributed by atoms with van der Waals surface area (Å²) in [4.78, 5) is 11.6. The van der Waals surface area contributed by atoms with E-state index in [2.05, 4.69) is 6.58 Å². The van der Waals surface area contributed by atoms with E-state index in [1.165, 1.54) is 7.11 Å². The Hall–Kier alpha value is -2.03. The molecule has 17 heavy (non-hydrogen) atoms. The number of carbonyl (C=O) groups is 1. The first kappa shape index (κ1) is 13.0. The van der Waals surface area contributed by atoms with Crippen molar-refractivity contribution in [3.63, 3.8) is 0 Å². The second-order valence-corrected chi connectivity index (χ2v) is 3.51. The van der Waals surface area contributed by atoms with E-state index in [1.807, 2.05) is 25.1 Å². The van der Waals surface area contributed by atoms with Crippen LogP contribution in [0.3, 0.4) is 0 Å². The highest BCUT2D eigenvalue weighted by Crippen LogP contribution is 2.18. The maximum atomic E-state index is 11.6. The van der Waals surface area contributed by atoms with Crippen molar-refractivity contribution >= 4 is 5.97 Å². The van der Waals surface area contributed by atoms with Crippen LogP contribution < -0.4 is 4.74 Å². The van der Waals surface area contributed by atoms with Gasteiger partial charge in [-0.25, -0.2) is 4.79 Å². The fourth-order valence-corrected chi connectivity index (χ4v) is 1.31. The average molecular weight is 232 g/mol. The number of hydrogen-bond donors (Lipinski definition) is 0. The topological polar surface area (TPSA) is 35.5 Å². The molecular formula is C14H16O3. The predicted octanol–water partition coefficient (Wildman–Crippen LogP) is 3.09. The molecule has 1 rings (SSSR count). The van der Waals surface area contributed by atoms with Crippen LogP contribution in [0.2, 0.25) is 0 Å². The van der Waals surface area contributed by atoms with Gasteiger partial charge in [0.2, 0.25) is 5.76 Å². The summed E-state index contributed by atoms with van der Waals surface area (Å²) in [5.41, 5.74) is 0.788. The quantitative estimate of drug-likeness (QED) is 0.339. The van der Waals surface area contributed by atoms with Crippen molar-refractivity contribution in [2.24, 2.45) is 0 Å². The zero-order valence-corrected chi connectivity index (χ0v) is 10.1. The Morgan fingerprint density at radius 1 is 1.35 bits per heavy atom. The molecule has 0 atom stereocenters. The van der Waals surface area contributed by atoms with Gasteiger partial charge in [-0.05, 0) is 31.1 Å². The van der Waals surface area contributed by atoms with E-state index in [4.69, 9.17) is 9.47 Å². The maximum Gasteiger partial charge on any atom is 0.373 e. The molecule has 0 saturated heterocycles. The molecule has 3 heteroatoms. The van der Waals surface area contributed by atoms with Gasteiger partial charge in [0, 0.05) is 0 Å². The molecule has 0 aliphatic rings. The predicted molar refractivity (Wildman–Crippen MR) is 66.6 cm³/mol. The molecule has 1 aromatic rings. The Kier molecular flexibility index (Phi) is 5.01. The lowest BCUT2D eigenvalue weighted by Gasteiger charge is -2.10. The van der Waals surface area contributed by atoms with Gasteiger partial charge in [-0.3, -0.25) is 0 Å². The van der Waals surface area contributed by atoms with Crippen molar-refractivity contribution in [3.8, 4) is 5.75 Å². The minimum absolute atomic E-state index is 0.221. The molecule has 0 bridgehead atoms. The van der Waals surface area contributed by atoms with E-state index in [1.54, 1.807) is 18.2 Å². The van der Waals surface area contributed by atoms with Gasteiger partial charge in [0.1, 0.15) is 5.75 Å². The summed E-state index contributed by atoms with van der Waals surface area (Å²) in [6.07, 6.45) is 2.30. The zero-order chi connectivity index (χ0) is 12.7. The van der Waals surface area contributed by atoms with Crippen LogP contribution in [0.1, 0.15) is 13.3 Å². The highest BCUT2D eigenvalue weighted by molar-refractivity contribution is 5.87. The summed E-state index contributed by atoms with van der Waals surface area (Å²) in [6.45, 7) is 5.45. The van der Waals surface area contributed by atoms with Crippen LogP contribution >= 0.6 is 0 Å². The Bertz CT molecular complexity index is 418. The molecule has 0 aliphatic carbocycles. The molecule has 1 aromatic carbocycles. The van der Waals surface area contributed by atoms with E-state index in [-0.39, 0.29) is 5.76 Å². The van der Waals surface area contributed by atoms with Crippen molar-refractivity contribution in [1.82, 2.24) is 0 Å². The van der Waals surface area contributed by atoms with Crippen molar-refractivity contribution in [3.05, 3.63) is 54.3 Å². The van der Waals surface area contributed by atoms with E-state index in [0.717, 1.165) is 5.57 Å². The average Bonchev–Trinajstić information content (AvgIpc) is 2.36. The van der Waals surface area contributed by atoms with Crippen LogP contribution in [-0.4, -0.2) is 13.1 Å². The standard InChI is InChI=1S/C14H16O3/c1-4-8-11(2)13(14(15)16-3)17-12-9-6-5-7-10-12/h4-7,9-10H,1,8H2,2-3H3. The molecule has 0 spiro atoms. The van der Waals surface area contributed by atoms with Gasteiger partial charge in [-0.1, -0.05) is 24.3 Å². The number of para-hydroxylation sites is 1. The largest absolute Gasteiger partial charge is 0.463 e. The zero-order valence-electron chi connectivity index (χ0n) is 10.1. The number of methoxy groups -OCH3 is 1. The SMILES string of the molecule is C=CCC(C)=C(Oc1ccccc1)C(=O)OC. The van der Waals surface area contributed by atoms with Crippen LogP contribution in [0.4, 0.5) is 0 Å². The third-order valence-corrected chi connectivity index (χ3v) is 2.17. The lowest BCUT2D eigenvalue weighted by molar-refractivity contribution is -0.138. The molecule has 3 nitrogen and oxygen atoms in total. The van der Waals surface area contributed by atoms with Crippen LogP contribution in [0, 0.1) is 0 Å². The first-order chi connectivity index (χ1) is 8.19. The minimum Gasteiger partial charge on any atom is -0.463 e. The smallest absolute Gasteiger partial charge is 0.373 e. The molecule has 0 aliphatic heterocycles. The molecular weight excluding hydrogens is 216 g/mol. The van der Waals surface area contributed by atoms with E-state index in [9.17, 15) is 4.79 Å². The van der Waals surface area contributed by atoms with Gasteiger partial charge in [0.25, 0.3) is 0 Å². The molecule has 0 radical (unpaired) electrons. The summed E-state index contributed by atoms with van der Waals surface area (Å²) < 4.78 is 10.2. The van der Waals surface area contributed by atoms with Crippen LogP contribution in [0.25, 0.3) is 0 Å². The van der Waals surface area contributed by atoms with E-state index in [0.29, 0.717) is 12.2 Å². The molecule has 0 aromatic heterocycles. The highest BCUT2D eigenvalue weighted by Gasteiger charge is 2.15. The van der Waals surface area contributed by atoms with Gasteiger partial charge in [-0.15, -0.1) is 6.58 Å². The van der Waals surface area contributed by atoms with E-state index >= 15 is 0 Å². The number of ether oxygens (including phenoxy) is 2. The van der Waals surface area contributed by atoms with Crippen molar-refractivity contribution in [2.45, 2.75) is 13.3 Å². The van der Waals surface area contributed by atoms with Crippen LogP contribution in [0.15, 0.2) is 54.3 Å². The first-order valence-corrected chi connectivity index (χ1v) is 5.31. The van der Waals surface area contributed by atoms with Crippen LogP contribution in [0.5, 0.6) is 5.75 Å². The summed E-state index contributed by atoms with van der Waals surface area (Å²) >= 11 is 0. The summed E-state index contributed by atoms with van der Waals surface area (Å²) in [5.74, 6) is 0.350. The summed E-state index contributed by atoms with van der Waals surface area (Å²) in [7, 11) is 1.33. The van der Waals surface area contributed by atoms with Gasteiger partial charge in [0.15, 0.2) is 0 Å². The Labute approximate surface area is 101 Å². The third kappa shape index (κ3) is 3.79. The Morgan fingerprint density at radius 2 is 2.00 bits per heavy atom. The molecule has 0 unspecified atom stereocenters. The van der Waals surface area contributed by atoms with Gasteiger partial charge in [0.05, 0.1) is 7.11 Å². The Balaban J connectivity index is 2.96. The number of carbonyl (C=O) groups excluding carboxylic acids is 1. The lowest BCUT2D eigenvalue weighted by atomic mass is 10.2. The first-order valence-electron chi connectivity index (χ1n) is 5.31. The molecule has 0 heterocycles. The minimum atomic E-state index is -0.479. The number of allylic oxidation sites excluding steroid dienone is 2. The number of benzene rings is 1. The van der Waals surface area contributed by atoms with Gasteiger partial charge >= 0.3 is 5.97 Å². The molecule has 0 fully saturated rings. The molecule has 90 valence electrons. The van der Waals surface area contributed by atoms with Crippen LogP contribution in [-0.2, 0) is 9.53 Å². The normalized spacial score (nSPS) is 11.4. The maximum absolute atomic E-state index is 11.6. The summed E-state index contributed by atoms with van der Waals surface area (Å²) in [6, 6.07) is 9.12. The van der Waals surface area contributed by atoms with E-state index < -0.39 is 5.97 Å².